The second-order valence-corrected chi connectivity index (χ2v) is 5.94. The van der Waals surface area contributed by atoms with Crippen LogP contribution in [0.3, 0.4) is 0 Å². The maximum absolute atomic E-state index is 12.2. The Balaban J connectivity index is 2.36. The third-order valence-electron chi connectivity index (χ3n) is 2.82. The van der Waals surface area contributed by atoms with E-state index in [9.17, 15) is 13.5 Å². The van der Waals surface area contributed by atoms with Crippen molar-refractivity contribution in [2.24, 2.45) is 0 Å². The molecule has 0 saturated heterocycles. The Morgan fingerprint density at radius 2 is 1.85 bits per heavy atom. The number of nitrogens with one attached hydrogen (secondary N) is 1. The highest BCUT2D eigenvalue weighted by molar-refractivity contribution is 7.92. The molecule has 2 N–H and O–H groups in total. The van der Waals surface area contributed by atoms with Gasteiger partial charge in [-0.05, 0) is 42.8 Å². The van der Waals surface area contributed by atoms with Crippen LogP contribution in [0.2, 0.25) is 0 Å². The number of methoxy groups -OCH3 is 1. The van der Waals surface area contributed by atoms with Crippen LogP contribution in [0.5, 0.6) is 11.5 Å². The topological polar surface area (TPSA) is 75.6 Å². The fourth-order valence-electron chi connectivity index (χ4n) is 1.78. The Labute approximate surface area is 117 Å². The Bertz CT molecular complexity index is 726. The molecule has 0 aromatic heterocycles. The van der Waals surface area contributed by atoms with Crippen molar-refractivity contribution in [3.8, 4) is 11.5 Å². The largest absolute Gasteiger partial charge is 0.506 e. The van der Waals surface area contributed by atoms with Gasteiger partial charge in [-0.15, -0.1) is 0 Å². The molecule has 0 atom stereocenters. The van der Waals surface area contributed by atoms with E-state index in [1.807, 2.05) is 0 Å². The van der Waals surface area contributed by atoms with Gasteiger partial charge in [-0.3, -0.25) is 4.72 Å². The zero-order chi connectivity index (χ0) is 14.8. The quantitative estimate of drug-likeness (QED) is 0.849. The standard InChI is InChI=1S/C14H15NO4S/c1-10-9-11(7-8-14(10)19-2)20(17,18)15-12-5-3-4-6-13(12)16/h3-9,15-16H,1-2H3. The molecule has 106 valence electrons. The first-order chi connectivity index (χ1) is 9.44. The van der Waals surface area contributed by atoms with Crippen LogP contribution in [-0.2, 0) is 10.0 Å². The Kier molecular flexibility index (Phi) is 3.85. The molecule has 0 aliphatic rings. The number of phenolic OH excluding ortho intramolecular Hbond substituents is 1. The van der Waals surface area contributed by atoms with Gasteiger partial charge in [0.2, 0.25) is 0 Å². The van der Waals surface area contributed by atoms with Gasteiger partial charge in [-0.2, -0.15) is 0 Å². The summed E-state index contributed by atoms with van der Waals surface area (Å²) in [7, 11) is -2.22. The Morgan fingerprint density at radius 3 is 2.45 bits per heavy atom. The number of benzene rings is 2. The number of anilines is 1. The van der Waals surface area contributed by atoms with Crippen molar-refractivity contribution >= 4 is 15.7 Å². The molecule has 0 bridgehead atoms. The van der Waals surface area contributed by atoms with Crippen molar-refractivity contribution in [2.45, 2.75) is 11.8 Å². The minimum atomic E-state index is -3.75. The summed E-state index contributed by atoms with van der Waals surface area (Å²) in [5, 5.41) is 9.61. The van der Waals surface area contributed by atoms with Gasteiger partial charge in [0.1, 0.15) is 11.5 Å². The molecule has 0 unspecified atom stereocenters. The predicted molar refractivity (Wildman–Crippen MR) is 76.6 cm³/mol. The first-order valence-electron chi connectivity index (χ1n) is 5.89. The Morgan fingerprint density at radius 1 is 1.15 bits per heavy atom. The van der Waals surface area contributed by atoms with E-state index >= 15 is 0 Å². The third-order valence-corrected chi connectivity index (χ3v) is 4.19. The molecule has 5 nitrogen and oxygen atoms in total. The molecule has 0 amide bonds. The fourth-order valence-corrected chi connectivity index (χ4v) is 2.94. The van der Waals surface area contributed by atoms with Gasteiger partial charge in [0.15, 0.2) is 0 Å². The monoisotopic (exact) mass is 293 g/mol. The number of sulfonamides is 1. The second-order valence-electron chi connectivity index (χ2n) is 4.25. The maximum atomic E-state index is 12.2. The normalized spacial score (nSPS) is 11.1. The van der Waals surface area contributed by atoms with Crippen LogP contribution in [0.1, 0.15) is 5.56 Å². The molecule has 0 aliphatic heterocycles. The molecule has 2 aromatic rings. The van der Waals surface area contributed by atoms with Crippen molar-refractivity contribution in [3.63, 3.8) is 0 Å². The summed E-state index contributed by atoms with van der Waals surface area (Å²) in [4.78, 5) is 0.110. The molecule has 0 fully saturated rings. The van der Waals surface area contributed by atoms with Crippen LogP contribution >= 0.6 is 0 Å². The molecule has 0 heterocycles. The van der Waals surface area contributed by atoms with Gasteiger partial charge in [-0.1, -0.05) is 12.1 Å². The average molecular weight is 293 g/mol. The zero-order valence-corrected chi connectivity index (χ0v) is 11.9. The number of aromatic hydroxyl groups is 1. The second kappa shape index (κ2) is 5.42. The lowest BCUT2D eigenvalue weighted by Gasteiger charge is -2.11. The van der Waals surface area contributed by atoms with E-state index in [1.54, 1.807) is 25.1 Å². The van der Waals surface area contributed by atoms with Crippen molar-refractivity contribution in [3.05, 3.63) is 48.0 Å². The maximum Gasteiger partial charge on any atom is 0.262 e. The van der Waals surface area contributed by atoms with Gasteiger partial charge in [-0.25, -0.2) is 8.42 Å². The lowest BCUT2D eigenvalue weighted by Crippen LogP contribution is -2.13. The van der Waals surface area contributed by atoms with Crippen LogP contribution < -0.4 is 9.46 Å². The Hall–Kier alpha value is -2.21. The molecule has 6 heteroatoms. The van der Waals surface area contributed by atoms with Crippen LogP contribution in [0.15, 0.2) is 47.4 Å². The van der Waals surface area contributed by atoms with Gasteiger partial charge in [0.25, 0.3) is 10.0 Å². The van der Waals surface area contributed by atoms with Crippen molar-refractivity contribution in [2.75, 3.05) is 11.8 Å². The van der Waals surface area contributed by atoms with E-state index in [-0.39, 0.29) is 16.3 Å². The summed E-state index contributed by atoms with van der Waals surface area (Å²) in [6.45, 7) is 1.76. The van der Waals surface area contributed by atoms with E-state index in [2.05, 4.69) is 4.72 Å². The molecule has 0 saturated carbocycles. The zero-order valence-electron chi connectivity index (χ0n) is 11.1. The van der Waals surface area contributed by atoms with Crippen molar-refractivity contribution in [1.82, 2.24) is 0 Å². The van der Waals surface area contributed by atoms with Gasteiger partial charge in [0, 0.05) is 0 Å². The fraction of sp³-hybridized carbons (Fsp3) is 0.143. The van der Waals surface area contributed by atoms with Crippen LogP contribution in [-0.4, -0.2) is 20.6 Å². The lowest BCUT2D eigenvalue weighted by molar-refractivity contribution is 0.411. The van der Waals surface area contributed by atoms with Crippen LogP contribution in [0, 0.1) is 6.92 Å². The molecule has 2 rings (SSSR count). The summed E-state index contributed by atoms with van der Waals surface area (Å²) in [6, 6.07) is 10.7. The number of phenols is 1. The number of para-hydroxylation sites is 2. The number of rotatable bonds is 4. The number of ether oxygens (including phenoxy) is 1. The average Bonchev–Trinajstić information content (AvgIpc) is 2.41. The molecule has 0 radical (unpaired) electrons. The van der Waals surface area contributed by atoms with Gasteiger partial charge in [0.05, 0.1) is 17.7 Å². The van der Waals surface area contributed by atoms with Gasteiger partial charge >= 0.3 is 0 Å². The summed E-state index contributed by atoms with van der Waals surface area (Å²) < 4.78 is 31.9. The van der Waals surface area contributed by atoms with Crippen LogP contribution in [0.4, 0.5) is 5.69 Å². The summed E-state index contributed by atoms with van der Waals surface area (Å²) in [6.07, 6.45) is 0. The molecule has 20 heavy (non-hydrogen) atoms. The number of hydrogen-bond donors (Lipinski definition) is 2. The van der Waals surface area contributed by atoms with Crippen LogP contribution in [0.25, 0.3) is 0 Å². The summed E-state index contributed by atoms with van der Waals surface area (Å²) in [5.41, 5.74) is 0.855. The van der Waals surface area contributed by atoms with E-state index in [1.165, 1.54) is 31.4 Å². The smallest absolute Gasteiger partial charge is 0.262 e. The molecule has 2 aromatic carbocycles. The molecule has 0 spiro atoms. The van der Waals surface area contributed by atoms with E-state index in [0.29, 0.717) is 11.3 Å². The molecule has 0 aliphatic carbocycles. The highest BCUT2D eigenvalue weighted by atomic mass is 32.2. The van der Waals surface area contributed by atoms with Crippen molar-refractivity contribution in [1.29, 1.82) is 0 Å². The van der Waals surface area contributed by atoms with E-state index in [4.69, 9.17) is 4.74 Å². The third kappa shape index (κ3) is 2.85. The number of hydrogen-bond acceptors (Lipinski definition) is 4. The molecular formula is C14H15NO4S. The highest BCUT2D eigenvalue weighted by Crippen LogP contribution is 2.27. The van der Waals surface area contributed by atoms with E-state index in [0.717, 1.165) is 0 Å². The SMILES string of the molecule is COc1ccc(S(=O)(=O)Nc2ccccc2O)cc1C. The van der Waals surface area contributed by atoms with E-state index < -0.39 is 10.0 Å². The first-order valence-corrected chi connectivity index (χ1v) is 7.38. The highest BCUT2D eigenvalue weighted by Gasteiger charge is 2.17. The minimum Gasteiger partial charge on any atom is -0.506 e. The predicted octanol–water partition coefficient (Wildman–Crippen LogP) is 2.51. The molecular weight excluding hydrogens is 278 g/mol. The first kappa shape index (κ1) is 14.2. The lowest BCUT2D eigenvalue weighted by atomic mass is 10.2. The van der Waals surface area contributed by atoms with Crippen molar-refractivity contribution < 1.29 is 18.3 Å². The minimum absolute atomic E-state index is 0.110. The van der Waals surface area contributed by atoms with Gasteiger partial charge < -0.3 is 9.84 Å². The number of aryl methyl sites for hydroxylation is 1. The summed E-state index contributed by atoms with van der Waals surface area (Å²) >= 11 is 0. The summed E-state index contributed by atoms with van der Waals surface area (Å²) in [5.74, 6) is 0.493.